The summed E-state index contributed by atoms with van der Waals surface area (Å²) in [5, 5.41) is 0. The molecule has 0 atom stereocenters. The molecular formula is C22H29N3O2. The van der Waals surface area contributed by atoms with Crippen molar-refractivity contribution in [2.75, 3.05) is 26.2 Å². The highest BCUT2D eigenvalue weighted by molar-refractivity contribution is 5.94. The van der Waals surface area contributed by atoms with E-state index in [1.54, 1.807) is 24.5 Å². The molecule has 2 amide bonds. The number of nitrogens with zero attached hydrogens (tertiary/aromatic N) is 3. The van der Waals surface area contributed by atoms with Crippen LogP contribution >= 0.6 is 0 Å². The standard InChI is InChI=1S/C22H29N3O2/c26-20(24-13-1-2-14-24)17-18-3-7-22(8-4-18)9-15-25(16-10-22)21(27)19-5-11-23-12-6-19/h1-2,5-6,11-12,18H,3-4,7-10,13-17H2. The number of pyridine rings is 1. The first-order chi connectivity index (χ1) is 13.2. The number of piperidine rings is 1. The quantitative estimate of drug-likeness (QED) is 0.771. The summed E-state index contributed by atoms with van der Waals surface area (Å²) >= 11 is 0. The molecule has 5 heteroatoms. The van der Waals surface area contributed by atoms with E-state index >= 15 is 0 Å². The highest BCUT2D eigenvalue weighted by Crippen LogP contribution is 2.47. The summed E-state index contributed by atoms with van der Waals surface area (Å²) in [5.74, 6) is 0.990. The minimum absolute atomic E-state index is 0.130. The van der Waals surface area contributed by atoms with Crippen molar-refractivity contribution in [3.8, 4) is 0 Å². The third-order valence-electron chi connectivity index (χ3n) is 6.84. The predicted molar refractivity (Wildman–Crippen MR) is 104 cm³/mol. The van der Waals surface area contributed by atoms with Crippen LogP contribution in [0.1, 0.15) is 55.3 Å². The van der Waals surface area contributed by atoms with Gasteiger partial charge in [0.25, 0.3) is 5.91 Å². The van der Waals surface area contributed by atoms with Gasteiger partial charge in [-0.25, -0.2) is 0 Å². The highest BCUT2D eigenvalue weighted by Gasteiger charge is 2.39. The Morgan fingerprint density at radius 1 is 0.963 bits per heavy atom. The number of hydrogen-bond donors (Lipinski definition) is 0. The molecule has 4 rings (SSSR count). The third-order valence-corrected chi connectivity index (χ3v) is 6.84. The lowest BCUT2D eigenvalue weighted by Gasteiger charge is -2.46. The van der Waals surface area contributed by atoms with Crippen LogP contribution in [0.4, 0.5) is 0 Å². The van der Waals surface area contributed by atoms with Gasteiger partial charge in [-0.05, 0) is 62.0 Å². The van der Waals surface area contributed by atoms with Gasteiger partial charge in [0, 0.05) is 50.6 Å². The Bertz CT molecular complexity index is 690. The van der Waals surface area contributed by atoms with Gasteiger partial charge in [0.2, 0.25) is 5.91 Å². The molecule has 0 N–H and O–H groups in total. The second-order valence-corrected chi connectivity index (χ2v) is 8.45. The average Bonchev–Trinajstić information content (AvgIpc) is 3.26. The van der Waals surface area contributed by atoms with Crippen LogP contribution in [-0.4, -0.2) is 52.8 Å². The van der Waals surface area contributed by atoms with Crippen molar-refractivity contribution in [1.29, 1.82) is 0 Å². The van der Waals surface area contributed by atoms with Gasteiger partial charge in [-0.3, -0.25) is 14.6 Å². The average molecular weight is 367 g/mol. The van der Waals surface area contributed by atoms with Gasteiger partial charge in [-0.1, -0.05) is 12.2 Å². The van der Waals surface area contributed by atoms with Crippen molar-refractivity contribution < 1.29 is 9.59 Å². The molecule has 1 spiro atoms. The van der Waals surface area contributed by atoms with E-state index in [-0.39, 0.29) is 5.91 Å². The molecule has 144 valence electrons. The summed E-state index contributed by atoms with van der Waals surface area (Å²) in [6, 6.07) is 3.59. The van der Waals surface area contributed by atoms with Gasteiger partial charge < -0.3 is 9.80 Å². The summed E-state index contributed by atoms with van der Waals surface area (Å²) < 4.78 is 0. The second-order valence-electron chi connectivity index (χ2n) is 8.45. The number of carbonyl (C=O) groups excluding carboxylic acids is 2. The van der Waals surface area contributed by atoms with E-state index in [0.717, 1.165) is 57.4 Å². The zero-order chi connectivity index (χ0) is 18.7. The molecule has 1 aromatic rings. The Morgan fingerprint density at radius 2 is 1.59 bits per heavy atom. The molecule has 0 radical (unpaired) electrons. The van der Waals surface area contributed by atoms with Crippen LogP contribution in [0, 0.1) is 11.3 Å². The van der Waals surface area contributed by atoms with E-state index in [9.17, 15) is 9.59 Å². The zero-order valence-electron chi connectivity index (χ0n) is 16.0. The number of carbonyl (C=O) groups is 2. The van der Waals surface area contributed by atoms with Crippen LogP contribution in [0.3, 0.4) is 0 Å². The van der Waals surface area contributed by atoms with Crippen molar-refractivity contribution in [1.82, 2.24) is 14.8 Å². The molecule has 0 unspecified atom stereocenters. The molecule has 5 nitrogen and oxygen atoms in total. The van der Waals surface area contributed by atoms with Gasteiger partial charge in [-0.15, -0.1) is 0 Å². The summed E-state index contributed by atoms with van der Waals surface area (Å²) in [4.78, 5) is 32.9. The Balaban J connectivity index is 1.25. The molecule has 3 aliphatic rings. The van der Waals surface area contributed by atoms with E-state index in [1.165, 1.54) is 12.8 Å². The molecule has 27 heavy (non-hydrogen) atoms. The summed E-state index contributed by atoms with van der Waals surface area (Å²) in [7, 11) is 0. The second kappa shape index (κ2) is 7.83. The number of likely N-dealkylation sites (tertiary alicyclic amines) is 1. The first kappa shape index (κ1) is 18.2. The SMILES string of the molecule is O=C(CC1CCC2(CC1)CCN(C(=O)c1ccncc1)CC2)N1CC=CC1. The molecule has 1 aliphatic carbocycles. The normalized spacial score (nSPS) is 22.4. The fourth-order valence-electron chi connectivity index (χ4n) is 4.91. The molecule has 1 saturated carbocycles. The van der Waals surface area contributed by atoms with Gasteiger partial charge in [0.15, 0.2) is 0 Å². The molecule has 0 aromatic carbocycles. The zero-order valence-corrected chi connectivity index (χ0v) is 16.0. The fraction of sp³-hybridized carbons (Fsp3) is 0.591. The molecule has 3 heterocycles. The fourth-order valence-corrected chi connectivity index (χ4v) is 4.91. The number of amides is 2. The topological polar surface area (TPSA) is 53.5 Å². The first-order valence-corrected chi connectivity index (χ1v) is 10.3. The van der Waals surface area contributed by atoms with Crippen molar-refractivity contribution in [2.45, 2.75) is 44.9 Å². The summed E-state index contributed by atoms with van der Waals surface area (Å²) in [6.45, 7) is 3.28. The van der Waals surface area contributed by atoms with Gasteiger partial charge in [0.1, 0.15) is 0 Å². The minimum Gasteiger partial charge on any atom is -0.339 e. The van der Waals surface area contributed by atoms with Crippen LogP contribution in [0.5, 0.6) is 0 Å². The summed E-state index contributed by atoms with van der Waals surface area (Å²) in [5.41, 5.74) is 1.13. The third kappa shape index (κ3) is 4.07. The monoisotopic (exact) mass is 367 g/mol. The Kier molecular flexibility index (Phi) is 5.28. The lowest BCUT2D eigenvalue weighted by Crippen LogP contribution is -2.44. The molecule has 2 fully saturated rings. The van der Waals surface area contributed by atoms with E-state index in [4.69, 9.17) is 0 Å². The van der Waals surface area contributed by atoms with Crippen LogP contribution in [0.2, 0.25) is 0 Å². The van der Waals surface area contributed by atoms with Gasteiger partial charge in [-0.2, -0.15) is 0 Å². The van der Waals surface area contributed by atoms with Crippen molar-refractivity contribution in [2.24, 2.45) is 11.3 Å². The summed E-state index contributed by atoms with van der Waals surface area (Å²) in [6.07, 6.45) is 15.2. The highest BCUT2D eigenvalue weighted by atomic mass is 16.2. The van der Waals surface area contributed by atoms with Crippen LogP contribution < -0.4 is 0 Å². The van der Waals surface area contributed by atoms with Crippen molar-refractivity contribution in [3.63, 3.8) is 0 Å². The molecular weight excluding hydrogens is 338 g/mol. The maximum Gasteiger partial charge on any atom is 0.253 e. The van der Waals surface area contributed by atoms with Gasteiger partial charge in [0.05, 0.1) is 0 Å². The molecule has 0 bridgehead atoms. The van der Waals surface area contributed by atoms with Crippen LogP contribution in [-0.2, 0) is 4.79 Å². The van der Waals surface area contributed by atoms with E-state index in [0.29, 0.717) is 23.7 Å². The number of aromatic nitrogens is 1. The number of hydrogen-bond acceptors (Lipinski definition) is 3. The lowest BCUT2D eigenvalue weighted by atomic mass is 9.65. The smallest absolute Gasteiger partial charge is 0.253 e. The Labute approximate surface area is 161 Å². The minimum atomic E-state index is 0.130. The van der Waals surface area contributed by atoms with Crippen molar-refractivity contribution >= 4 is 11.8 Å². The van der Waals surface area contributed by atoms with Gasteiger partial charge >= 0.3 is 0 Å². The number of rotatable bonds is 3. The molecule has 1 saturated heterocycles. The molecule has 2 aliphatic heterocycles. The van der Waals surface area contributed by atoms with Crippen molar-refractivity contribution in [3.05, 3.63) is 42.2 Å². The largest absolute Gasteiger partial charge is 0.339 e. The van der Waals surface area contributed by atoms with E-state index < -0.39 is 0 Å². The van der Waals surface area contributed by atoms with E-state index in [1.807, 2.05) is 9.80 Å². The predicted octanol–water partition coefficient (Wildman–Crippen LogP) is 3.28. The first-order valence-electron chi connectivity index (χ1n) is 10.3. The van der Waals surface area contributed by atoms with Crippen LogP contribution in [0.15, 0.2) is 36.7 Å². The lowest BCUT2D eigenvalue weighted by molar-refractivity contribution is -0.131. The van der Waals surface area contributed by atoms with E-state index in [2.05, 4.69) is 17.1 Å². The Morgan fingerprint density at radius 3 is 2.22 bits per heavy atom. The Hall–Kier alpha value is -2.17. The maximum atomic E-state index is 12.6. The van der Waals surface area contributed by atoms with Crippen LogP contribution in [0.25, 0.3) is 0 Å². The maximum absolute atomic E-state index is 12.6. The molecule has 1 aromatic heterocycles.